The molecule has 0 aromatic carbocycles. The highest BCUT2D eigenvalue weighted by Crippen LogP contribution is 2.11. The Balaban J connectivity index is 3.37. The van der Waals surface area contributed by atoms with Crippen molar-refractivity contribution in [1.29, 1.82) is 0 Å². The lowest BCUT2D eigenvalue weighted by atomic mass is 10.1. The second kappa shape index (κ2) is 14.5. The normalized spacial score (nSPS) is 16.7. The van der Waals surface area contributed by atoms with E-state index >= 15 is 0 Å². The molecule has 0 bridgehead atoms. The second-order valence-corrected chi connectivity index (χ2v) is 4.60. The molecular formula is C14H29Br. The van der Waals surface area contributed by atoms with Gasteiger partial charge in [0.15, 0.2) is 0 Å². The molecule has 0 unspecified atom stereocenters. The Bertz CT molecular complexity index is 214. The number of alkyl halides is 1. The molecule has 92 valence electrons. The van der Waals surface area contributed by atoms with Gasteiger partial charge in [0.2, 0.25) is 0 Å². The van der Waals surface area contributed by atoms with E-state index in [0.29, 0.717) is 6.42 Å². The van der Waals surface area contributed by atoms with E-state index in [-0.39, 0.29) is 0 Å². The van der Waals surface area contributed by atoms with E-state index in [4.69, 9.17) is 5.48 Å². The minimum absolute atomic E-state index is 0.293. The summed E-state index contributed by atoms with van der Waals surface area (Å²) in [6, 6.07) is 0. The molecular weight excluding hydrogens is 248 g/mol. The van der Waals surface area contributed by atoms with Gasteiger partial charge in [-0.15, -0.1) is 0 Å². The molecule has 0 amide bonds. The van der Waals surface area contributed by atoms with E-state index in [1.807, 2.05) is 0 Å². The van der Waals surface area contributed by atoms with E-state index in [2.05, 4.69) is 22.9 Å². The Morgan fingerprint density at radius 1 is 0.733 bits per heavy atom. The molecule has 0 saturated heterocycles. The largest absolute Gasteiger partial charge is 0.0928 e. The van der Waals surface area contributed by atoms with Crippen LogP contribution in [0.1, 0.15) is 89.4 Å². The molecule has 0 aliphatic carbocycles. The molecule has 0 saturated carbocycles. The third-order valence-electron chi connectivity index (χ3n) is 2.72. The summed E-state index contributed by atoms with van der Waals surface area (Å²) >= 11 is 2.78. The lowest BCUT2D eigenvalue weighted by molar-refractivity contribution is 0.548. The Morgan fingerprint density at radius 3 is 1.53 bits per heavy atom. The molecule has 0 N–H and O–H groups in total. The first-order chi connectivity index (χ1) is 8.81. The maximum absolute atomic E-state index is 7.63. The molecule has 1 heteroatoms. The van der Waals surface area contributed by atoms with Crippen molar-refractivity contribution in [1.82, 2.24) is 0 Å². The van der Waals surface area contributed by atoms with Gasteiger partial charge in [0.05, 0.1) is 0 Å². The fourth-order valence-corrected chi connectivity index (χ4v) is 1.95. The molecule has 0 aromatic rings. The smallest absolute Gasteiger partial charge is 0.0387 e. The van der Waals surface area contributed by atoms with Crippen molar-refractivity contribution in [2.45, 2.75) is 83.9 Å². The van der Waals surface area contributed by atoms with Gasteiger partial charge in [0.25, 0.3) is 0 Å². The minimum Gasteiger partial charge on any atom is -0.0928 e. The topological polar surface area (TPSA) is 0 Å². The van der Waals surface area contributed by atoms with Crippen LogP contribution in [0.15, 0.2) is 0 Å². The summed E-state index contributed by atoms with van der Waals surface area (Å²) in [4.78, 5) is 0. The summed E-state index contributed by atoms with van der Waals surface area (Å²) in [5, 5.41) is -1.92. The fourth-order valence-electron chi connectivity index (χ4n) is 1.75. The minimum atomic E-state index is -1.92. The van der Waals surface area contributed by atoms with Gasteiger partial charge in [-0.3, -0.25) is 0 Å². The standard InChI is InChI=1S/C14H29Br/c1-2-3-4-5-6-7-8-9-10-11-12-13-14-15/h2-14H2,1H3/i13D2,14D2. The third kappa shape index (κ3) is 14.5. The van der Waals surface area contributed by atoms with Crippen LogP contribution in [0.5, 0.6) is 0 Å². The first-order valence-corrected chi connectivity index (χ1v) is 7.29. The van der Waals surface area contributed by atoms with E-state index in [1.165, 1.54) is 44.9 Å². The van der Waals surface area contributed by atoms with Gasteiger partial charge in [0, 0.05) is 10.8 Å². The Hall–Kier alpha value is 0.480. The van der Waals surface area contributed by atoms with Gasteiger partial charge in [-0.25, -0.2) is 0 Å². The van der Waals surface area contributed by atoms with Crippen LogP contribution in [0.25, 0.3) is 0 Å². The molecule has 0 aliphatic rings. The Morgan fingerprint density at radius 2 is 1.13 bits per heavy atom. The van der Waals surface area contributed by atoms with Gasteiger partial charge in [-0.1, -0.05) is 93.5 Å². The first kappa shape index (κ1) is 9.50. The molecule has 0 aromatic heterocycles. The van der Waals surface area contributed by atoms with Crippen molar-refractivity contribution in [3.63, 3.8) is 0 Å². The summed E-state index contributed by atoms with van der Waals surface area (Å²) in [6.45, 7) is 2.23. The van der Waals surface area contributed by atoms with Crippen LogP contribution in [0.4, 0.5) is 0 Å². The molecule has 0 fully saturated rings. The van der Waals surface area contributed by atoms with Crippen LogP contribution >= 0.6 is 15.9 Å². The number of hydrogen-bond acceptors (Lipinski definition) is 0. The van der Waals surface area contributed by atoms with E-state index in [9.17, 15) is 0 Å². The predicted octanol–water partition coefficient (Wildman–Crippen LogP) is 6.08. The number of unbranched alkanes of at least 4 members (excludes halogenated alkanes) is 9. The third-order valence-corrected chi connectivity index (χ3v) is 3.00. The van der Waals surface area contributed by atoms with Crippen LogP contribution in [-0.2, 0) is 0 Å². The summed E-state index contributed by atoms with van der Waals surface area (Å²) in [7, 11) is 0. The van der Waals surface area contributed by atoms with Crippen molar-refractivity contribution >= 4 is 15.9 Å². The summed E-state index contributed by atoms with van der Waals surface area (Å²) < 4.78 is 30.0. The predicted molar refractivity (Wildman–Crippen MR) is 74.9 cm³/mol. The summed E-state index contributed by atoms with van der Waals surface area (Å²) in [5.41, 5.74) is 0. The van der Waals surface area contributed by atoms with Crippen LogP contribution in [0.2, 0.25) is 0 Å². The van der Waals surface area contributed by atoms with Crippen LogP contribution in [0.3, 0.4) is 0 Å². The monoisotopic (exact) mass is 280 g/mol. The lowest BCUT2D eigenvalue weighted by Crippen LogP contribution is -1.82. The average molecular weight is 281 g/mol. The van der Waals surface area contributed by atoms with Crippen LogP contribution in [-0.4, -0.2) is 5.28 Å². The zero-order chi connectivity index (χ0) is 14.8. The van der Waals surface area contributed by atoms with Crippen molar-refractivity contribution in [3.05, 3.63) is 0 Å². The quantitative estimate of drug-likeness (QED) is 0.300. The van der Waals surface area contributed by atoms with E-state index in [1.54, 1.807) is 0 Å². The lowest BCUT2D eigenvalue weighted by Gasteiger charge is -2.01. The second-order valence-electron chi connectivity index (χ2n) is 4.20. The van der Waals surface area contributed by atoms with Crippen molar-refractivity contribution in [2.75, 3.05) is 5.28 Å². The van der Waals surface area contributed by atoms with Gasteiger partial charge in [0.1, 0.15) is 0 Å². The van der Waals surface area contributed by atoms with Crippen molar-refractivity contribution in [2.24, 2.45) is 0 Å². The zero-order valence-corrected chi connectivity index (χ0v) is 11.7. The number of hydrogen-bond donors (Lipinski definition) is 0. The Kier molecular flexibility index (Phi) is 9.17. The van der Waals surface area contributed by atoms with Crippen LogP contribution < -0.4 is 0 Å². The van der Waals surface area contributed by atoms with Crippen LogP contribution in [0, 0.1) is 0 Å². The van der Waals surface area contributed by atoms with Gasteiger partial charge in [-0.05, 0) is 6.37 Å². The highest BCUT2D eigenvalue weighted by Gasteiger charge is 1.92. The molecule has 0 atom stereocenters. The van der Waals surface area contributed by atoms with E-state index in [0.717, 1.165) is 19.3 Å². The molecule has 0 spiro atoms. The molecule has 0 radical (unpaired) electrons. The Labute approximate surface area is 111 Å². The highest BCUT2D eigenvalue weighted by molar-refractivity contribution is 9.09. The molecule has 15 heavy (non-hydrogen) atoms. The molecule has 0 rings (SSSR count). The molecule has 0 nitrogen and oxygen atoms in total. The number of rotatable bonds is 12. The van der Waals surface area contributed by atoms with Crippen molar-refractivity contribution < 1.29 is 5.48 Å². The maximum Gasteiger partial charge on any atom is 0.0387 e. The molecule has 0 aliphatic heterocycles. The SMILES string of the molecule is [2H]C([2H])(Br)C([2H])([2H])CCCCCCCCCCCC. The first-order valence-electron chi connectivity index (χ1n) is 8.50. The number of halogens is 1. The van der Waals surface area contributed by atoms with Gasteiger partial charge >= 0.3 is 0 Å². The van der Waals surface area contributed by atoms with E-state index < -0.39 is 11.7 Å². The summed E-state index contributed by atoms with van der Waals surface area (Å²) in [5.74, 6) is 0. The van der Waals surface area contributed by atoms with Crippen molar-refractivity contribution in [3.8, 4) is 0 Å². The maximum atomic E-state index is 7.63. The van der Waals surface area contributed by atoms with Gasteiger partial charge in [-0.2, -0.15) is 0 Å². The summed E-state index contributed by atoms with van der Waals surface area (Å²) in [6.07, 6.45) is 10.6. The molecule has 0 heterocycles. The van der Waals surface area contributed by atoms with Gasteiger partial charge < -0.3 is 0 Å². The highest BCUT2D eigenvalue weighted by atomic mass is 79.9. The fraction of sp³-hybridized carbons (Fsp3) is 1.00. The zero-order valence-electron chi connectivity index (χ0n) is 14.2. The average Bonchev–Trinajstić information content (AvgIpc) is 2.30.